The summed E-state index contributed by atoms with van der Waals surface area (Å²) in [5.41, 5.74) is 1.61. The number of nitrogens with one attached hydrogen (secondary N) is 1. The van der Waals surface area contributed by atoms with Crippen LogP contribution in [0.5, 0.6) is 6.01 Å². The maximum Gasteiger partial charge on any atom is 0.410 e. The number of aromatic amines is 1. The number of H-pyrrole nitrogens is 1. The second-order valence-electron chi connectivity index (χ2n) is 13.7. The number of amides is 1. The average Bonchev–Trinajstić information content (AvgIpc) is 3.85. The average molecular weight is 665 g/mol. The molecule has 11 nitrogen and oxygen atoms in total. The van der Waals surface area contributed by atoms with E-state index in [1.54, 1.807) is 18.5 Å². The van der Waals surface area contributed by atoms with Gasteiger partial charge in [0.2, 0.25) is 0 Å². The molecule has 0 unspecified atom stereocenters. The predicted octanol–water partition coefficient (Wildman–Crippen LogP) is 5.30. The first-order valence-electron chi connectivity index (χ1n) is 16.6. The second kappa shape index (κ2) is 11.1. The topological polar surface area (TPSA) is 113 Å². The molecule has 4 aromatic rings. The number of pyridine rings is 1. The van der Waals surface area contributed by atoms with Crippen molar-refractivity contribution in [3.05, 3.63) is 34.9 Å². The number of alkyl halides is 1. The Labute approximate surface area is 274 Å². The lowest BCUT2D eigenvalue weighted by Crippen LogP contribution is -2.50. The number of carbonyl (C=O) groups is 1. The molecule has 3 aromatic heterocycles. The minimum absolute atomic E-state index is 0.0396. The van der Waals surface area contributed by atoms with Gasteiger partial charge in [0, 0.05) is 54.8 Å². The zero-order chi connectivity index (χ0) is 31.9. The molecular weight excluding hydrogens is 630 g/mol. The van der Waals surface area contributed by atoms with Crippen LogP contribution in [-0.2, 0) is 11.2 Å². The molecule has 14 heteroatoms. The van der Waals surface area contributed by atoms with Gasteiger partial charge in [-0.1, -0.05) is 11.6 Å². The monoisotopic (exact) mass is 664 g/mol. The summed E-state index contributed by atoms with van der Waals surface area (Å²) in [6.07, 6.45) is 6.93. The van der Waals surface area contributed by atoms with Crippen LogP contribution in [-0.4, -0.2) is 105 Å². The van der Waals surface area contributed by atoms with Crippen molar-refractivity contribution in [2.45, 2.75) is 62.7 Å². The molecule has 0 spiro atoms. The molecule has 246 valence electrons. The maximum atomic E-state index is 17.1. The molecule has 1 N–H and O–H groups in total. The van der Waals surface area contributed by atoms with Crippen LogP contribution in [0.25, 0.3) is 33.1 Å². The van der Waals surface area contributed by atoms with Gasteiger partial charge >= 0.3 is 12.1 Å². The summed E-state index contributed by atoms with van der Waals surface area (Å²) >= 11 is 6.81. The zero-order valence-electron chi connectivity index (χ0n) is 25.9. The summed E-state index contributed by atoms with van der Waals surface area (Å²) in [5.74, 6) is 0.238. The maximum absolute atomic E-state index is 17.1. The third kappa shape index (κ3) is 4.71. The van der Waals surface area contributed by atoms with Gasteiger partial charge in [-0.05, 0) is 62.6 Å². The fourth-order valence-corrected chi connectivity index (χ4v) is 9.11. The number of fused-ring (bicyclic) bond motifs is 7. The van der Waals surface area contributed by atoms with Crippen molar-refractivity contribution in [3.8, 4) is 17.3 Å². The Morgan fingerprint density at radius 1 is 1.13 bits per heavy atom. The fourth-order valence-electron chi connectivity index (χ4n) is 8.82. The summed E-state index contributed by atoms with van der Waals surface area (Å²) in [6.45, 7) is 3.47. The van der Waals surface area contributed by atoms with Crippen LogP contribution in [0.15, 0.2) is 18.5 Å². The van der Waals surface area contributed by atoms with Gasteiger partial charge in [0.1, 0.15) is 29.8 Å². The summed E-state index contributed by atoms with van der Waals surface area (Å²) in [4.78, 5) is 33.7. The van der Waals surface area contributed by atoms with E-state index in [-0.39, 0.29) is 42.6 Å². The molecule has 0 saturated carbocycles. The first kappa shape index (κ1) is 29.3. The number of rotatable bonds is 3. The predicted molar refractivity (Wildman–Crippen MR) is 171 cm³/mol. The molecule has 1 aromatic carbocycles. The van der Waals surface area contributed by atoms with Crippen LogP contribution >= 0.6 is 11.6 Å². The molecule has 9 heterocycles. The number of anilines is 1. The number of aromatic nitrogens is 5. The lowest BCUT2D eigenvalue weighted by molar-refractivity contribution is 0.0915. The highest BCUT2D eigenvalue weighted by atomic mass is 35.5. The molecule has 4 atom stereocenters. The van der Waals surface area contributed by atoms with Crippen molar-refractivity contribution in [3.63, 3.8) is 0 Å². The van der Waals surface area contributed by atoms with Gasteiger partial charge in [-0.15, -0.1) is 0 Å². The third-order valence-electron chi connectivity index (χ3n) is 11.1. The first-order valence-corrected chi connectivity index (χ1v) is 17.0. The molecule has 4 fully saturated rings. The van der Waals surface area contributed by atoms with Gasteiger partial charge in [0.25, 0.3) is 0 Å². The smallest absolute Gasteiger partial charge is 0.410 e. The van der Waals surface area contributed by atoms with Gasteiger partial charge in [-0.3, -0.25) is 15.0 Å². The van der Waals surface area contributed by atoms with Gasteiger partial charge in [0.05, 0.1) is 35.3 Å². The number of hydrogen-bond donors (Lipinski definition) is 1. The number of nitrogens with zero attached hydrogens (tertiary/aromatic N) is 7. The summed E-state index contributed by atoms with van der Waals surface area (Å²) in [7, 11) is 0. The summed E-state index contributed by atoms with van der Waals surface area (Å²) in [5, 5.41) is 8.70. The van der Waals surface area contributed by atoms with E-state index in [4.69, 9.17) is 31.0 Å². The van der Waals surface area contributed by atoms with Crippen LogP contribution in [0.3, 0.4) is 0 Å². The molecule has 0 radical (unpaired) electrons. The normalized spacial score (nSPS) is 27.6. The molecule has 6 aliphatic rings. The Kier molecular flexibility index (Phi) is 6.93. The Balaban J connectivity index is 1.21. The van der Waals surface area contributed by atoms with Gasteiger partial charge in [-0.25, -0.2) is 13.6 Å². The van der Waals surface area contributed by atoms with E-state index in [0.29, 0.717) is 89.6 Å². The lowest BCUT2D eigenvalue weighted by Gasteiger charge is -2.39. The van der Waals surface area contributed by atoms with E-state index in [0.717, 1.165) is 32.2 Å². The van der Waals surface area contributed by atoms with Crippen LogP contribution in [0.4, 0.5) is 19.4 Å². The van der Waals surface area contributed by atoms with Crippen molar-refractivity contribution in [2.24, 2.45) is 5.92 Å². The summed E-state index contributed by atoms with van der Waals surface area (Å²) in [6, 6.07) is 1.75. The van der Waals surface area contributed by atoms with Crippen molar-refractivity contribution in [1.29, 1.82) is 0 Å². The number of halogens is 3. The highest BCUT2D eigenvalue weighted by molar-refractivity contribution is 6.33. The van der Waals surface area contributed by atoms with E-state index in [1.807, 2.05) is 4.90 Å². The number of ether oxygens (including phenoxy) is 2. The van der Waals surface area contributed by atoms with Gasteiger partial charge in [0.15, 0.2) is 5.82 Å². The standard InChI is InChI=1S/C33H35ClF2N8O3/c34-23-11-24-21(14-38-41-24)26-20(23)3-1-10-46-32(45)44-9-5-18-4-8-42(16-25(18)44)30-22-13-37-29(26)27(36)28(22)39-31(40-30)47-17-33-6-2-7-43(33)15-19(35)12-33/h11,13-14,18-19,25H,1-10,12,15-17H2,(H,38,41)/t18-,19+,25-,33-/m0/s1. The molecule has 47 heavy (non-hydrogen) atoms. The molecule has 4 saturated heterocycles. The highest BCUT2D eigenvalue weighted by Gasteiger charge is 2.49. The minimum Gasteiger partial charge on any atom is -0.461 e. The molecule has 0 aliphatic carbocycles. The SMILES string of the molecule is O=C1OCCCc2c(Cl)cc3[nH]ncc3c2-c2ncc3c(nc(OC[C@@]45CCCN4C[C@H](F)C5)nc3c2F)N2CC[C@H]3CCN1[C@H]3C2. The van der Waals surface area contributed by atoms with Crippen molar-refractivity contribution >= 4 is 45.3 Å². The van der Waals surface area contributed by atoms with Gasteiger partial charge < -0.3 is 19.3 Å². The first-order chi connectivity index (χ1) is 22.9. The van der Waals surface area contributed by atoms with Crippen LogP contribution < -0.4 is 9.64 Å². The summed E-state index contributed by atoms with van der Waals surface area (Å²) < 4.78 is 43.7. The van der Waals surface area contributed by atoms with Crippen LogP contribution in [0, 0.1) is 11.7 Å². The number of piperidine rings is 1. The van der Waals surface area contributed by atoms with E-state index in [9.17, 15) is 9.18 Å². The van der Waals surface area contributed by atoms with E-state index < -0.39 is 17.5 Å². The van der Waals surface area contributed by atoms with E-state index >= 15 is 4.39 Å². The largest absolute Gasteiger partial charge is 0.461 e. The number of benzene rings is 1. The third-order valence-corrected chi connectivity index (χ3v) is 11.4. The van der Waals surface area contributed by atoms with Crippen LogP contribution in [0.2, 0.25) is 5.02 Å². The van der Waals surface area contributed by atoms with Crippen molar-refractivity contribution in [1.82, 2.24) is 34.9 Å². The molecular formula is C33H35ClF2N8O3. The number of carbonyl (C=O) groups excluding carboxylic acids is 1. The quantitative estimate of drug-likeness (QED) is 0.312. The highest BCUT2D eigenvalue weighted by Crippen LogP contribution is 2.43. The minimum atomic E-state index is -0.904. The van der Waals surface area contributed by atoms with Crippen molar-refractivity contribution < 1.29 is 23.0 Å². The molecule has 6 aliphatic heterocycles. The zero-order valence-corrected chi connectivity index (χ0v) is 26.6. The fraction of sp³-hybridized carbons (Fsp3) is 0.545. The Morgan fingerprint density at radius 3 is 2.94 bits per heavy atom. The van der Waals surface area contributed by atoms with E-state index in [2.05, 4.69) is 25.0 Å². The molecule has 6 bridgehead atoms. The van der Waals surface area contributed by atoms with Gasteiger partial charge in [-0.2, -0.15) is 15.1 Å². The molecule has 10 rings (SSSR count). The second-order valence-corrected chi connectivity index (χ2v) is 14.1. The van der Waals surface area contributed by atoms with Crippen molar-refractivity contribution in [2.75, 3.05) is 50.8 Å². The van der Waals surface area contributed by atoms with E-state index in [1.165, 1.54) is 0 Å². The Hall–Kier alpha value is -3.84. The Bertz CT molecular complexity index is 1910. The van der Waals surface area contributed by atoms with Crippen LogP contribution in [0.1, 0.15) is 44.1 Å². The Morgan fingerprint density at radius 2 is 2.02 bits per heavy atom. The lowest BCUT2D eigenvalue weighted by atomic mass is 9.92. The number of hydrogen-bond acceptors (Lipinski definition) is 9. The molecule has 1 amide bonds.